The highest BCUT2D eigenvalue weighted by Gasteiger charge is 2.81. The molecule has 0 radical (unpaired) electrons. The van der Waals surface area contributed by atoms with Crippen LogP contribution in [0.4, 0.5) is 0 Å². The van der Waals surface area contributed by atoms with Crippen molar-refractivity contribution in [2.24, 2.45) is 22.7 Å². The maximum absolute atomic E-state index is 12.4. The smallest absolute Gasteiger partial charge is 0.304 e. The van der Waals surface area contributed by atoms with Gasteiger partial charge in [-0.25, -0.2) is 0 Å². The molecule has 11 heteroatoms. The fourth-order valence-corrected chi connectivity index (χ4v) is 7.94. The first kappa shape index (κ1) is 27.6. The average molecular weight is 549 g/mol. The third-order valence-corrected chi connectivity index (χ3v) is 9.40. The Kier molecular flexibility index (Phi) is 7.03. The maximum atomic E-state index is 12.4. The van der Waals surface area contributed by atoms with Crippen LogP contribution < -0.4 is 0 Å². The highest BCUT2D eigenvalue weighted by atomic mass is 16.7. The van der Waals surface area contributed by atoms with Crippen molar-refractivity contribution < 1.29 is 52.0 Å². The molecule has 39 heavy (non-hydrogen) atoms. The summed E-state index contributed by atoms with van der Waals surface area (Å²) in [6.45, 7) is 7.48. The lowest BCUT2D eigenvalue weighted by atomic mass is 9.42. The zero-order chi connectivity index (χ0) is 28.2. The van der Waals surface area contributed by atoms with Crippen LogP contribution in [0.2, 0.25) is 0 Å². The summed E-state index contributed by atoms with van der Waals surface area (Å²) in [4.78, 5) is 49.1. The van der Waals surface area contributed by atoms with E-state index in [-0.39, 0.29) is 25.0 Å². The molecule has 214 valence electrons. The van der Waals surface area contributed by atoms with Crippen LogP contribution in [0, 0.1) is 22.7 Å². The Balaban J connectivity index is 1.69. The number of ether oxygens (including phenoxy) is 6. The van der Waals surface area contributed by atoms with Gasteiger partial charge in [-0.1, -0.05) is 6.92 Å². The Bertz CT molecular complexity index is 1120. The fraction of sp³-hybridized carbons (Fsp3) is 0.714. The van der Waals surface area contributed by atoms with Gasteiger partial charge < -0.3 is 32.8 Å². The minimum Gasteiger partial charge on any atom is -0.472 e. The fourth-order valence-electron chi connectivity index (χ4n) is 7.94. The highest BCUT2D eigenvalue weighted by molar-refractivity contribution is 5.68. The maximum Gasteiger partial charge on any atom is 0.304 e. The minimum atomic E-state index is -1.09. The van der Waals surface area contributed by atoms with Crippen molar-refractivity contribution >= 4 is 23.9 Å². The van der Waals surface area contributed by atoms with Crippen LogP contribution in [0.5, 0.6) is 0 Å². The zero-order valence-corrected chi connectivity index (χ0v) is 22.9. The lowest BCUT2D eigenvalue weighted by molar-refractivity contribution is -0.281. The van der Waals surface area contributed by atoms with Gasteiger partial charge in [0.2, 0.25) is 6.29 Å². The largest absolute Gasteiger partial charge is 0.472 e. The lowest BCUT2D eigenvalue weighted by Gasteiger charge is -2.63. The molecule has 0 N–H and O–H groups in total. The average Bonchev–Trinajstić information content (AvgIpc) is 3.28. The quantitative estimate of drug-likeness (QED) is 0.294. The summed E-state index contributed by atoms with van der Waals surface area (Å²) in [6.07, 6.45) is 2.31. The van der Waals surface area contributed by atoms with E-state index in [0.717, 1.165) is 5.56 Å². The molecule has 0 amide bonds. The third kappa shape index (κ3) is 4.34. The predicted molar refractivity (Wildman–Crippen MR) is 131 cm³/mol. The minimum absolute atomic E-state index is 0.125. The molecule has 9 atom stereocenters. The van der Waals surface area contributed by atoms with Gasteiger partial charge in [0.25, 0.3) is 0 Å². The molecule has 0 aromatic carbocycles. The Hall–Kier alpha value is -2.92. The van der Waals surface area contributed by atoms with Crippen molar-refractivity contribution in [1.29, 1.82) is 0 Å². The number of fused-ring (bicyclic) bond motifs is 3. The second-order valence-corrected chi connectivity index (χ2v) is 11.4. The number of hydrogen-bond acceptors (Lipinski definition) is 11. The molecule has 2 aliphatic carbocycles. The SMILES string of the molecule is CC(=O)OC[C@@]12[C@@H](OC(C)=O)C[C@@H](C)[C@]3(C[C@@H](c4ccoc4)O[C@H]3OC(C)=O)[C@H]1CC[C@H](OC(C)=O)[C@]21CO1. The monoisotopic (exact) mass is 548 g/mol. The second kappa shape index (κ2) is 9.92. The van der Waals surface area contributed by atoms with Gasteiger partial charge in [-0.3, -0.25) is 19.2 Å². The summed E-state index contributed by atoms with van der Waals surface area (Å²) >= 11 is 0. The number of carbonyl (C=O) groups excluding carboxylic acids is 4. The molecule has 5 rings (SSSR count). The lowest BCUT2D eigenvalue weighted by Crippen LogP contribution is -2.72. The Morgan fingerprint density at radius 2 is 1.62 bits per heavy atom. The van der Waals surface area contributed by atoms with Gasteiger partial charge in [-0.05, 0) is 43.6 Å². The summed E-state index contributed by atoms with van der Waals surface area (Å²) in [7, 11) is 0. The molecule has 2 saturated heterocycles. The van der Waals surface area contributed by atoms with Gasteiger partial charge in [0.15, 0.2) is 0 Å². The van der Waals surface area contributed by atoms with Crippen LogP contribution in [0.15, 0.2) is 23.0 Å². The summed E-state index contributed by atoms with van der Waals surface area (Å²) in [5.74, 6) is -2.42. The number of rotatable bonds is 6. The number of esters is 4. The van der Waals surface area contributed by atoms with Crippen LogP contribution in [-0.4, -0.2) is 61.2 Å². The molecule has 2 aliphatic heterocycles. The molecule has 0 unspecified atom stereocenters. The van der Waals surface area contributed by atoms with E-state index in [1.807, 2.05) is 13.0 Å². The molecule has 2 spiro atoms. The van der Waals surface area contributed by atoms with Gasteiger partial charge in [-0.15, -0.1) is 0 Å². The molecular formula is C28H36O11. The van der Waals surface area contributed by atoms with Crippen LogP contribution in [0.3, 0.4) is 0 Å². The number of hydrogen-bond donors (Lipinski definition) is 0. The van der Waals surface area contributed by atoms with E-state index in [0.29, 0.717) is 25.7 Å². The van der Waals surface area contributed by atoms with Gasteiger partial charge in [0.1, 0.15) is 24.4 Å². The highest BCUT2D eigenvalue weighted by Crippen LogP contribution is 2.72. The van der Waals surface area contributed by atoms with Crippen molar-refractivity contribution in [3.05, 3.63) is 24.2 Å². The third-order valence-electron chi connectivity index (χ3n) is 9.40. The van der Waals surface area contributed by atoms with Crippen molar-refractivity contribution in [3.8, 4) is 0 Å². The Morgan fingerprint density at radius 1 is 0.949 bits per heavy atom. The van der Waals surface area contributed by atoms with Crippen LogP contribution >= 0.6 is 0 Å². The van der Waals surface area contributed by atoms with Gasteiger partial charge in [-0.2, -0.15) is 0 Å². The summed E-state index contributed by atoms with van der Waals surface area (Å²) in [5.41, 5.74) is -2.10. The molecule has 4 aliphatic rings. The van der Waals surface area contributed by atoms with Crippen LogP contribution in [0.1, 0.15) is 72.0 Å². The van der Waals surface area contributed by atoms with Crippen molar-refractivity contribution in [2.75, 3.05) is 13.2 Å². The van der Waals surface area contributed by atoms with E-state index in [1.165, 1.54) is 27.7 Å². The first-order chi connectivity index (χ1) is 18.5. The molecule has 11 nitrogen and oxygen atoms in total. The summed E-state index contributed by atoms with van der Waals surface area (Å²) in [5, 5.41) is 0. The summed E-state index contributed by atoms with van der Waals surface area (Å²) < 4.78 is 41.4. The van der Waals surface area contributed by atoms with Gasteiger partial charge in [0.05, 0.1) is 30.7 Å². The van der Waals surface area contributed by atoms with Gasteiger partial charge in [0, 0.05) is 38.7 Å². The van der Waals surface area contributed by atoms with Crippen LogP contribution in [-0.2, 0) is 47.6 Å². The Morgan fingerprint density at radius 3 is 2.18 bits per heavy atom. The molecule has 4 fully saturated rings. The number of epoxide rings is 1. The van der Waals surface area contributed by atoms with E-state index in [9.17, 15) is 19.2 Å². The van der Waals surface area contributed by atoms with Crippen molar-refractivity contribution in [1.82, 2.24) is 0 Å². The predicted octanol–water partition coefficient (Wildman–Crippen LogP) is 3.25. The van der Waals surface area contributed by atoms with E-state index in [1.54, 1.807) is 12.5 Å². The van der Waals surface area contributed by atoms with Crippen molar-refractivity contribution in [3.63, 3.8) is 0 Å². The van der Waals surface area contributed by atoms with E-state index in [4.69, 9.17) is 32.8 Å². The van der Waals surface area contributed by atoms with E-state index < -0.39 is 64.9 Å². The molecule has 3 heterocycles. The molecular weight excluding hydrogens is 512 g/mol. The second-order valence-electron chi connectivity index (χ2n) is 11.4. The molecule has 0 bridgehead atoms. The topological polar surface area (TPSA) is 140 Å². The van der Waals surface area contributed by atoms with E-state index in [2.05, 4.69) is 0 Å². The molecule has 2 saturated carbocycles. The van der Waals surface area contributed by atoms with Gasteiger partial charge >= 0.3 is 23.9 Å². The molecule has 1 aromatic heterocycles. The summed E-state index contributed by atoms with van der Waals surface area (Å²) in [6, 6.07) is 1.82. The zero-order valence-electron chi connectivity index (χ0n) is 22.9. The van der Waals surface area contributed by atoms with Crippen LogP contribution in [0.25, 0.3) is 0 Å². The Labute approximate surface area is 226 Å². The normalized spacial score (nSPS) is 40.5. The molecule has 1 aromatic rings. The standard InChI is InChI=1S/C28H36O11/c1-15-10-24(37-18(4)31)27(13-34-16(2)29)22(6-7-23(36-17(3)30)28(27)14-35-28)26(15)11-21(20-8-9-33-12-20)39-25(26)38-19(5)32/h8-9,12,15,21-25H,6-7,10-11,13-14H2,1-5H3/t15-,21+,22-,23+,24+,25-,26-,27+,28-/m1/s1. The van der Waals surface area contributed by atoms with E-state index >= 15 is 0 Å². The number of carbonyl (C=O) groups is 4. The first-order valence-electron chi connectivity index (χ1n) is 13.4. The first-order valence-corrected chi connectivity index (χ1v) is 13.4. The number of furan rings is 1. The van der Waals surface area contributed by atoms with Crippen molar-refractivity contribution in [2.45, 2.75) is 90.5 Å².